The van der Waals surface area contributed by atoms with Gasteiger partial charge in [0.25, 0.3) is 11.8 Å². The van der Waals surface area contributed by atoms with Gasteiger partial charge in [-0.25, -0.2) is 0 Å². The molecular weight excluding hydrogens is 433 g/mol. The highest BCUT2D eigenvalue weighted by atomic mass is 19.4. The topological polar surface area (TPSA) is 58.6 Å². The number of carbonyl (C=O) groups is 2. The minimum atomic E-state index is -4.38. The fourth-order valence-electron chi connectivity index (χ4n) is 4.13. The number of carbonyl (C=O) groups excluding carboxylic acids is 2. The van der Waals surface area contributed by atoms with Crippen LogP contribution in [0.15, 0.2) is 42.5 Å². The number of likely N-dealkylation sites (tertiary alicyclic amines) is 1. The van der Waals surface area contributed by atoms with Crippen LogP contribution in [0.5, 0.6) is 0 Å². The van der Waals surface area contributed by atoms with Gasteiger partial charge in [0.2, 0.25) is 0 Å². The third kappa shape index (κ3) is 7.05. The van der Waals surface area contributed by atoms with E-state index in [-0.39, 0.29) is 18.4 Å². The van der Waals surface area contributed by atoms with E-state index in [2.05, 4.69) is 23.9 Å². The van der Waals surface area contributed by atoms with Crippen LogP contribution in [0.2, 0.25) is 0 Å². The molecule has 1 saturated heterocycles. The van der Waals surface area contributed by atoms with Crippen LogP contribution in [0.25, 0.3) is 0 Å². The smallest absolute Gasteiger partial charge is 0.367 e. The zero-order valence-corrected chi connectivity index (χ0v) is 19.0. The number of nitrogens with one attached hydrogen (secondary N) is 1. The van der Waals surface area contributed by atoms with E-state index in [9.17, 15) is 22.8 Å². The van der Waals surface area contributed by atoms with Crippen molar-refractivity contribution in [2.24, 2.45) is 11.8 Å². The second-order valence-corrected chi connectivity index (χ2v) is 8.94. The monoisotopic (exact) mass is 462 g/mol. The quantitative estimate of drug-likeness (QED) is 0.622. The molecule has 0 spiro atoms. The number of hydrogen-bond acceptors (Lipinski definition) is 3. The summed E-state index contributed by atoms with van der Waals surface area (Å²) in [5.41, 5.74) is 2.77. The molecule has 1 N–H and O–H groups in total. The Morgan fingerprint density at radius 3 is 2.24 bits per heavy atom. The molecule has 33 heavy (non-hydrogen) atoms. The fourth-order valence-corrected chi connectivity index (χ4v) is 4.13. The van der Waals surface area contributed by atoms with Gasteiger partial charge in [0, 0.05) is 29.9 Å². The number of benzene rings is 2. The van der Waals surface area contributed by atoms with Gasteiger partial charge < -0.3 is 15.0 Å². The van der Waals surface area contributed by atoms with Gasteiger partial charge >= 0.3 is 6.18 Å². The molecule has 2 unspecified atom stereocenters. The minimum absolute atomic E-state index is 0.0490. The molecule has 2 amide bonds. The Labute approximate surface area is 191 Å². The first-order chi connectivity index (χ1) is 15.5. The Kier molecular flexibility index (Phi) is 7.79. The van der Waals surface area contributed by atoms with Gasteiger partial charge in [-0.3, -0.25) is 9.59 Å². The van der Waals surface area contributed by atoms with Crippen LogP contribution in [-0.4, -0.2) is 42.6 Å². The summed E-state index contributed by atoms with van der Waals surface area (Å²) in [6, 6.07) is 11.4. The first kappa shape index (κ1) is 24.8. The van der Waals surface area contributed by atoms with Crippen molar-refractivity contribution < 1.29 is 27.5 Å². The molecule has 0 bridgehead atoms. The summed E-state index contributed by atoms with van der Waals surface area (Å²) in [4.78, 5) is 27.6. The van der Waals surface area contributed by atoms with E-state index in [1.807, 2.05) is 11.8 Å². The molecule has 2 atom stereocenters. The van der Waals surface area contributed by atoms with Crippen molar-refractivity contribution in [3.8, 4) is 0 Å². The summed E-state index contributed by atoms with van der Waals surface area (Å²) >= 11 is 0. The molecule has 1 aliphatic heterocycles. The minimum Gasteiger partial charge on any atom is -0.367 e. The number of aryl methyl sites for hydroxylation is 1. The van der Waals surface area contributed by atoms with Crippen molar-refractivity contribution >= 4 is 17.5 Å². The highest BCUT2D eigenvalue weighted by Crippen LogP contribution is 2.25. The lowest BCUT2D eigenvalue weighted by molar-refractivity contribution is -0.176. The summed E-state index contributed by atoms with van der Waals surface area (Å²) in [7, 11) is 0. The van der Waals surface area contributed by atoms with Crippen molar-refractivity contribution in [3.05, 3.63) is 64.7 Å². The van der Waals surface area contributed by atoms with Gasteiger partial charge in [0.05, 0.1) is 6.61 Å². The lowest BCUT2D eigenvalue weighted by Gasteiger charge is -2.35. The van der Waals surface area contributed by atoms with Gasteiger partial charge in [-0.15, -0.1) is 0 Å². The van der Waals surface area contributed by atoms with Crippen LogP contribution in [0, 0.1) is 18.8 Å². The Morgan fingerprint density at radius 2 is 1.64 bits per heavy atom. The Balaban J connectivity index is 1.65. The lowest BCUT2D eigenvalue weighted by atomic mass is 9.91. The van der Waals surface area contributed by atoms with Crippen LogP contribution in [0.4, 0.5) is 18.9 Å². The van der Waals surface area contributed by atoms with Crippen molar-refractivity contribution in [3.63, 3.8) is 0 Å². The number of amides is 2. The third-order valence-corrected chi connectivity index (χ3v) is 5.64. The van der Waals surface area contributed by atoms with Crippen molar-refractivity contribution in [1.82, 2.24) is 4.90 Å². The predicted molar refractivity (Wildman–Crippen MR) is 120 cm³/mol. The number of ether oxygens (including phenoxy) is 1. The standard InChI is InChI=1S/C25H29F3N2O3/c1-16-10-17(2)13-30(12-16)24(32)21-7-4-18(3)22(11-21)29-23(31)20-8-5-19(6-9-20)14-33-15-25(26,27)28/h4-9,11,16-17H,10,12-15H2,1-3H3,(H,29,31). The van der Waals surface area contributed by atoms with Gasteiger partial charge in [0.15, 0.2) is 0 Å². The molecule has 178 valence electrons. The number of hydrogen-bond donors (Lipinski definition) is 1. The molecule has 0 aromatic heterocycles. The average Bonchev–Trinajstić information content (AvgIpc) is 2.73. The Hall–Kier alpha value is -2.87. The van der Waals surface area contributed by atoms with Crippen LogP contribution >= 0.6 is 0 Å². The number of alkyl halides is 3. The number of halogens is 3. The maximum Gasteiger partial charge on any atom is 0.411 e. The van der Waals surface area contributed by atoms with E-state index in [0.717, 1.165) is 25.1 Å². The second kappa shape index (κ2) is 10.4. The van der Waals surface area contributed by atoms with Crippen molar-refractivity contribution in [2.75, 3.05) is 25.0 Å². The fraction of sp³-hybridized carbons (Fsp3) is 0.440. The van der Waals surface area contributed by atoms with Gasteiger partial charge in [-0.05, 0) is 60.6 Å². The van der Waals surface area contributed by atoms with E-state index in [1.54, 1.807) is 30.3 Å². The summed E-state index contributed by atoms with van der Waals surface area (Å²) < 4.78 is 41.2. The highest BCUT2D eigenvalue weighted by molar-refractivity contribution is 6.05. The van der Waals surface area contributed by atoms with Crippen molar-refractivity contribution in [2.45, 2.75) is 40.0 Å². The van der Waals surface area contributed by atoms with E-state index in [4.69, 9.17) is 0 Å². The molecule has 1 fully saturated rings. The maximum atomic E-state index is 13.0. The summed E-state index contributed by atoms with van der Waals surface area (Å²) in [6.07, 6.45) is -3.27. The maximum absolute atomic E-state index is 13.0. The largest absolute Gasteiger partial charge is 0.411 e. The lowest BCUT2D eigenvalue weighted by Crippen LogP contribution is -2.42. The zero-order valence-electron chi connectivity index (χ0n) is 19.0. The number of nitrogens with zero attached hydrogens (tertiary/aromatic N) is 1. The summed E-state index contributed by atoms with van der Waals surface area (Å²) in [5.74, 6) is 0.478. The molecule has 2 aromatic rings. The average molecular weight is 463 g/mol. The molecule has 3 rings (SSSR count). The summed E-state index contributed by atoms with van der Waals surface area (Å²) in [6.45, 7) is 6.05. The molecular formula is C25H29F3N2O3. The van der Waals surface area contributed by atoms with Gasteiger partial charge in [-0.1, -0.05) is 32.0 Å². The van der Waals surface area contributed by atoms with Gasteiger partial charge in [-0.2, -0.15) is 13.2 Å². The number of piperidine rings is 1. The molecule has 1 aliphatic rings. The van der Waals surface area contributed by atoms with E-state index in [1.165, 1.54) is 12.1 Å². The number of rotatable bonds is 6. The molecule has 0 saturated carbocycles. The van der Waals surface area contributed by atoms with Crippen LogP contribution < -0.4 is 5.32 Å². The van der Waals surface area contributed by atoms with Crippen molar-refractivity contribution in [1.29, 1.82) is 0 Å². The SMILES string of the molecule is Cc1ccc(C(=O)N2CC(C)CC(C)C2)cc1NC(=O)c1ccc(COCC(F)(F)F)cc1. The van der Waals surface area contributed by atoms with Crippen LogP contribution in [0.3, 0.4) is 0 Å². The molecule has 2 aromatic carbocycles. The molecule has 5 nitrogen and oxygen atoms in total. The number of anilines is 1. The normalized spacial score (nSPS) is 18.8. The van der Waals surface area contributed by atoms with E-state index >= 15 is 0 Å². The molecule has 0 radical (unpaired) electrons. The summed E-state index contributed by atoms with van der Waals surface area (Å²) in [5, 5.41) is 2.84. The second-order valence-electron chi connectivity index (χ2n) is 8.94. The Morgan fingerprint density at radius 1 is 1.03 bits per heavy atom. The van der Waals surface area contributed by atoms with Gasteiger partial charge in [0.1, 0.15) is 6.61 Å². The highest BCUT2D eigenvalue weighted by Gasteiger charge is 2.28. The molecule has 8 heteroatoms. The first-order valence-electron chi connectivity index (χ1n) is 11.0. The first-order valence-corrected chi connectivity index (χ1v) is 11.0. The molecule has 0 aliphatic carbocycles. The van der Waals surface area contributed by atoms with Crippen LogP contribution in [-0.2, 0) is 11.3 Å². The van der Waals surface area contributed by atoms with E-state index < -0.39 is 12.8 Å². The Bertz CT molecular complexity index is 979. The van der Waals surface area contributed by atoms with Crippen LogP contribution in [0.1, 0.15) is 52.1 Å². The zero-order chi connectivity index (χ0) is 24.2. The predicted octanol–water partition coefficient (Wildman–Crippen LogP) is 5.44. The molecule has 1 heterocycles. The van der Waals surface area contributed by atoms with E-state index in [0.29, 0.717) is 34.2 Å². The third-order valence-electron chi connectivity index (χ3n) is 5.64.